The Labute approximate surface area is 125 Å². The minimum Gasteiger partial charge on any atom is -0.311 e. The smallest absolute Gasteiger partial charge is 0.255 e. The van der Waals surface area contributed by atoms with Crippen molar-refractivity contribution in [3.8, 4) is 11.3 Å². The van der Waals surface area contributed by atoms with Crippen LogP contribution in [0.4, 0.5) is 0 Å². The summed E-state index contributed by atoms with van der Waals surface area (Å²) in [6.45, 7) is 2.82. The Balaban J connectivity index is 1.88. The van der Waals surface area contributed by atoms with Crippen molar-refractivity contribution in [2.45, 2.75) is 38.8 Å². The van der Waals surface area contributed by atoms with Crippen LogP contribution in [0.3, 0.4) is 0 Å². The van der Waals surface area contributed by atoms with E-state index < -0.39 is 0 Å². The van der Waals surface area contributed by atoms with Gasteiger partial charge in [0, 0.05) is 25.2 Å². The Kier molecular flexibility index (Phi) is 3.93. The Morgan fingerprint density at radius 2 is 1.86 bits per heavy atom. The molecule has 1 saturated carbocycles. The first-order valence-electron chi connectivity index (χ1n) is 7.70. The van der Waals surface area contributed by atoms with E-state index in [1.165, 1.54) is 18.4 Å². The van der Waals surface area contributed by atoms with Crippen molar-refractivity contribution < 1.29 is 0 Å². The predicted molar refractivity (Wildman–Crippen MR) is 86.4 cm³/mol. The fourth-order valence-corrected chi connectivity index (χ4v) is 2.56. The van der Waals surface area contributed by atoms with Crippen molar-refractivity contribution in [3.63, 3.8) is 0 Å². The maximum Gasteiger partial charge on any atom is 0.255 e. The van der Waals surface area contributed by atoms with E-state index in [1.807, 2.05) is 19.2 Å². The molecule has 1 N–H and O–H groups in total. The zero-order chi connectivity index (χ0) is 14.8. The molecule has 0 atom stereocenters. The molecule has 21 heavy (non-hydrogen) atoms. The molecule has 3 rings (SSSR count). The molecule has 0 bridgehead atoms. The van der Waals surface area contributed by atoms with Crippen LogP contribution in [0.25, 0.3) is 11.3 Å². The van der Waals surface area contributed by atoms with Gasteiger partial charge in [-0.3, -0.25) is 4.79 Å². The number of aromatic nitrogens is 1. The summed E-state index contributed by atoms with van der Waals surface area (Å²) in [5, 5.41) is 3.40. The van der Waals surface area contributed by atoms with E-state index in [2.05, 4.69) is 36.5 Å². The molecule has 1 heterocycles. The number of benzene rings is 1. The van der Waals surface area contributed by atoms with E-state index in [9.17, 15) is 4.79 Å². The maximum atomic E-state index is 12.4. The van der Waals surface area contributed by atoms with Gasteiger partial charge in [-0.25, -0.2) is 0 Å². The first kappa shape index (κ1) is 14.1. The molecule has 1 aromatic heterocycles. The summed E-state index contributed by atoms with van der Waals surface area (Å²) < 4.78 is 1.75. The van der Waals surface area contributed by atoms with Crippen LogP contribution in [-0.4, -0.2) is 10.6 Å². The highest BCUT2D eigenvalue weighted by Gasteiger charge is 2.20. The average Bonchev–Trinajstić information content (AvgIpc) is 3.33. The molecule has 1 aliphatic carbocycles. The molecular weight excluding hydrogens is 260 g/mol. The number of hydrogen-bond acceptors (Lipinski definition) is 2. The SMILES string of the molecule is CCc1ccc(-c2ccc(CNC3CC3)c(=O)n2C)cc1. The van der Waals surface area contributed by atoms with Crippen LogP contribution in [0, 0.1) is 0 Å². The van der Waals surface area contributed by atoms with E-state index in [1.54, 1.807) is 4.57 Å². The number of hydrogen-bond donors (Lipinski definition) is 1. The van der Waals surface area contributed by atoms with Gasteiger partial charge in [0.2, 0.25) is 0 Å². The Hall–Kier alpha value is -1.87. The van der Waals surface area contributed by atoms with Crippen LogP contribution in [0.15, 0.2) is 41.2 Å². The molecule has 3 heteroatoms. The van der Waals surface area contributed by atoms with Crippen molar-refractivity contribution in [2.75, 3.05) is 0 Å². The van der Waals surface area contributed by atoms with Crippen LogP contribution in [0.2, 0.25) is 0 Å². The van der Waals surface area contributed by atoms with Crippen LogP contribution >= 0.6 is 0 Å². The highest BCUT2D eigenvalue weighted by atomic mass is 16.1. The molecule has 1 aromatic carbocycles. The molecule has 2 aromatic rings. The third-order valence-corrected chi connectivity index (χ3v) is 4.20. The summed E-state index contributed by atoms with van der Waals surface area (Å²) in [6.07, 6.45) is 3.51. The lowest BCUT2D eigenvalue weighted by atomic mass is 10.1. The van der Waals surface area contributed by atoms with Gasteiger partial charge in [0.1, 0.15) is 0 Å². The summed E-state index contributed by atoms with van der Waals surface area (Å²) in [6, 6.07) is 13.1. The summed E-state index contributed by atoms with van der Waals surface area (Å²) >= 11 is 0. The second kappa shape index (κ2) is 5.86. The van der Waals surface area contributed by atoms with Gasteiger partial charge in [0.25, 0.3) is 5.56 Å². The lowest BCUT2D eigenvalue weighted by Gasteiger charge is -2.11. The maximum absolute atomic E-state index is 12.4. The van der Waals surface area contributed by atoms with Crippen molar-refractivity contribution >= 4 is 0 Å². The predicted octanol–water partition coefficient (Wildman–Crippen LogP) is 2.87. The summed E-state index contributed by atoms with van der Waals surface area (Å²) in [5.41, 5.74) is 4.32. The summed E-state index contributed by atoms with van der Waals surface area (Å²) in [7, 11) is 1.85. The van der Waals surface area contributed by atoms with Crippen LogP contribution in [0.5, 0.6) is 0 Å². The molecule has 0 spiro atoms. The molecule has 0 unspecified atom stereocenters. The molecular formula is C18H22N2O. The topological polar surface area (TPSA) is 34.0 Å². The lowest BCUT2D eigenvalue weighted by Crippen LogP contribution is -2.27. The van der Waals surface area contributed by atoms with Gasteiger partial charge in [-0.1, -0.05) is 37.3 Å². The van der Waals surface area contributed by atoms with Crippen LogP contribution in [-0.2, 0) is 20.0 Å². The van der Waals surface area contributed by atoms with Gasteiger partial charge in [0.05, 0.1) is 5.69 Å². The molecule has 0 aliphatic heterocycles. The minimum atomic E-state index is 0.0974. The lowest BCUT2D eigenvalue weighted by molar-refractivity contribution is 0.674. The zero-order valence-corrected chi connectivity index (χ0v) is 12.7. The van der Waals surface area contributed by atoms with Gasteiger partial charge in [-0.15, -0.1) is 0 Å². The number of pyridine rings is 1. The molecule has 110 valence electrons. The van der Waals surface area contributed by atoms with E-state index >= 15 is 0 Å². The Morgan fingerprint density at radius 1 is 1.14 bits per heavy atom. The first-order valence-corrected chi connectivity index (χ1v) is 7.70. The molecule has 1 fully saturated rings. The van der Waals surface area contributed by atoms with E-state index in [0.717, 1.165) is 23.2 Å². The molecule has 0 saturated heterocycles. The van der Waals surface area contributed by atoms with Gasteiger partial charge in [0.15, 0.2) is 0 Å². The normalized spacial score (nSPS) is 14.4. The average molecular weight is 282 g/mol. The van der Waals surface area contributed by atoms with Gasteiger partial charge < -0.3 is 9.88 Å². The van der Waals surface area contributed by atoms with Crippen molar-refractivity contribution in [1.29, 1.82) is 0 Å². The van der Waals surface area contributed by atoms with Gasteiger partial charge in [-0.2, -0.15) is 0 Å². The third kappa shape index (κ3) is 3.08. The fourth-order valence-electron chi connectivity index (χ4n) is 2.56. The second-order valence-electron chi connectivity index (χ2n) is 5.81. The molecule has 0 radical (unpaired) electrons. The number of nitrogens with zero attached hydrogens (tertiary/aromatic N) is 1. The fraction of sp³-hybridized carbons (Fsp3) is 0.389. The van der Waals surface area contributed by atoms with Crippen LogP contribution in [0.1, 0.15) is 30.9 Å². The highest BCUT2D eigenvalue weighted by Crippen LogP contribution is 2.20. The number of aryl methyl sites for hydroxylation is 1. The number of rotatable bonds is 5. The van der Waals surface area contributed by atoms with Crippen molar-refractivity contribution in [3.05, 3.63) is 57.9 Å². The Bertz CT molecular complexity index is 681. The second-order valence-corrected chi connectivity index (χ2v) is 5.81. The monoisotopic (exact) mass is 282 g/mol. The first-order chi connectivity index (χ1) is 10.2. The van der Waals surface area contributed by atoms with E-state index in [-0.39, 0.29) is 5.56 Å². The molecule has 3 nitrogen and oxygen atoms in total. The van der Waals surface area contributed by atoms with Crippen molar-refractivity contribution in [1.82, 2.24) is 9.88 Å². The molecule has 0 amide bonds. The molecule has 1 aliphatic rings. The largest absolute Gasteiger partial charge is 0.311 e. The van der Waals surface area contributed by atoms with E-state index in [4.69, 9.17) is 0 Å². The van der Waals surface area contributed by atoms with E-state index in [0.29, 0.717) is 12.6 Å². The minimum absolute atomic E-state index is 0.0974. The quantitative estimate of drug-likeness (QED) is 0.915. The number of nitrogens with one attached hydrogen (secondary N) is 1. The summed E-state index contributed by atoms with van der Waals surface area (Å²) in [4.78, 5) is 12.4. The zero-order valence-electron chi connectivity index (χ0n) is 12.7. The van der Waals surface area contributed by atoms with Gasteiger partial charge >= 0.3 is 0 Å². The van der Waals surface area contributed by atoms with Gasteiger partial charge in [-0.05, 0) is 36.5 Å². The third-order valence-electron chi connectivity index (χ3n) is 4.20. The van der Waals surface area contributed by atoms with Crippen LogP contribution < -0.4 is 10.9 Å². The standard InChI is InChI=1S/C18H22N2O/c1-3-13-4-6-14(7-5-13)17-11-8-15(18(21)20(17)2)12-19-16-9-10-16/h4-8,11,16,19H,3,9-10,12H2,1-2H3. The summed E-state index contributed by atoms with van der Waals surface area (Å²) in [5.74, 6) is 0. The Morgan fingerprint density at radius 3 is 2.48 bits per heavy atom. The van der Waals surface area contributed by atoms with Crippen molar-refractivity contribution in [2.24, 2.45) is 7.05 Å². The highest BCUT2D eigenvalue weighted by molar-refractivity contribution is 5.60.